The summed E-state index contributed by atoms with van der Waals surface area (Å²) in [6, 6.07) is 9.28. The molecule has 1 saturated heterocycles. The summed E-state index contributed by atoms with van der Waals surface area (Å²) in [5, 5.41) is 0. The van der Waals surface area contributed by atoms with Crippen LogP contribution in [-0.2, 0) is 19.6 Å². The number of hydrogen-bond donors (Lipinski definition) is 1. The topological polar surface area (TPSA) is 92.8 Å². The maximum absolute atomic E-state index is 12.1. The molecule has 1 heterocycles. The van der Waals surface area contributed by atoms with Gasteiger partial charge in [-0.05, 0) is 25.0 Å². The number of carbonyl (C=O) groups is 2. The number of carbonyl (C=O) groups excluding carboxylic acids is 2. The van der Waals surface area contributed by atoms with E-state index in [4.69, 9.17) is 4.74 Å². The maximum Gasteiger partial charge on any atom is 0.236 e. The minimum absolute atomic E-state index is 0.0205. The van der Waals surface area contributed by atoms with E-state index in [2.05, 4.69) is 0 Å². The van der Waals surface area contributed by atoms with Gasteiger partial charge in [0, 0.05) is 19.0 Å². The zero-order valence-corrected chi connectivity index (χ0v) is 14.4. The highest BCUT2D eigenvalue weighted by atomic mass is 32.2. The molecule has 1 aromatic rings. The van der Waals surface area contributed by atoms with Crippen molar-refractivity contribution in [3.05, 3.63) is 30.3 Å². The van der Waals surface area contributed by atoms with Crippen LogP contribution in [-0.4, -0.2) is 51.1 Å². The molecule has 0 aromatic heterocycles. The summed E-state index contributed by atoms with van der Waals surface area (Å²) in [6.45, 7) is 1.20. The van der Waals surface area contributed by atoms with Crippen molar-refractivity contribution in [3.63, 3.8) is 0 Å². The van der Waals surface area contributed by atoms with Gasteiger partial charge in [-0.1, -0.05) is 18.2 Å². The van der Waals surface area contributed by atoms with Gasteiger partial charge in [0.15, 0.2) is 0 Å². The Morgan fingerprint density at radius 3 is 2.42 bits per heavy atom. The third-order valence-electron chi connectivity index (χ3n) is 3.83. The van der Waals surface area contributed by atoms with E-state index in [0.717, 1.165) is 12.0 Å². The van der Waals surface area contributed by atoms with Gasteiger partial charge in [-0.3, -0.25) is 14.3 Å². The van der Waals surface area contributed by atoms with Crippen LogP contribution in [0.4, 0.5) is 0 Å². The van der Waals surface area contributed by atoms with Crippen molar-refractivity contribution in [2.45, 2.75) is 19.3 Å². The van der Waals surface area contributed by atoms with Crippen molar-refractivity contribution in [2.24, 2.45) is 5.92 Å². The summed E-state index contributed by atoms with van der Waals surface area (Å²) in [4.78, 5) is 25.6. The molecule has 0 spiro atoms. The number of likely N-dealkylation sites (tertiary alicyclic amines) is 1. The fourth-order valence-electron chi connectivity index (χ4n) is 2.59. The summed E-state index contributed by atoms with van der Waals surface area (Å²) in [6.07, 6.45) is 2.16. The first-order chi connectivity index (χ1) is 11.3. The summed E-state index contributed by atoms with van der Waals surface area (Å²) in [5.41, 5.74) is 0. The number of para-hydroxylation sites is 1. The van der Waals surface area contributed by atoms with Crippen molar-refractivity contribution >= 4 is 21.8 Å². The van der Waals surface area contributed by atoms with Gasteiger partial charge in [-0.25, -0.2) is 8.42 Å². The molecule has 2 rings (SSSR count). The fourth-order valence-corrected chi connectivity index (χ4v) is 3.12. The van der Waals surface area contributed by atoms with E-state index in [-0.39, 0.29) is 18.2 Å². The Bertz CT molecular complexity index is 667. The molecule has 132 valence electrons. The molecular formula is C16H22N2O5S. The molecule has 7 nitrogen and oxygen atoms in total. The van der Waals surface area contributed by atoms with Crippen molar-refractivity contribution in [1.29, 1.82) is 0 Å². The van der Waals surface area contributed by atoms with Crippen molar-refractivity contribution in [2.75, 3.05) is 26.0 Å². The molecule has 1 aromatic carbocycles. The molecule has 8 heteroatoms. The van der Waals surface area contributed by atoms with E-state index < -0.39 is 15.9 Å². The van der Waals surface area contributed by atoms with Crippen LogP contribution in [0.5, 0.6) is 5.75 Å². The molecule has 1 N–H and O–H groups in total. The molecule has 0 atom stereocenters. The molecule has 0 radical (unpaired) electrons. The van der Waals surface area contributed by atoms with Crippen LogP contribution in [0.15, 0.2) is 30.3 Å². The summed E-state index contributed by atoms with van der Waals surface area (Å²) < 4.78 is 29.7. The molecule has 1 aliphatic heterocycles. The van der Waals surface area contributed by atoms with E-state index in [1.165, 1.54) is 0 Å². The van der Waals surface area contributed by atoms with Gasteiger partial charge in [0.05, 0.1) is 19.3 Å². The number of benzene rings is 1. The summed E-state index contributed by atoms with van der Waals surface area (Å²) in [5.74, 6) is -0.157. The monoisotopic (exact) mass is 354 g/mol. The van der Waals surface area contributed by atoms with Crippen molar-refractivity contribution < 1.29 is 22.7 Å². The van der Waals surface area contributed by atoms with Gasteiger partial charge in [-0.15, -0.1) is 0 Å². The van der Waals surface area contributed by atoms with Gasteiger partial charge >= 0.3 is 0 Å². The largest absolute Gasteiger partial charge is 0.493 e. The lowest BCUT2D eigenvalue weighted by Crippen LogP contribution is -2.44. The van der Waals surface area contributed by atoms with Gasteiger partial charge in [0.25, 0.3) is 0 Å². The van der Waals surface area contributed by atoms with Crippen LogP contribution in [0.1, 0.15) is 19.3 Å². The Labute approximate surface area is 142 Å². The highest BCUT2D eigenvalue weighted by Crippen LogP contribution is 2.18. The molecule has 24 heavy (non-hydrogen) atoms. The normalized spacial score (nSPS) is 15.8. The lowest BCUT2D eigenvalue weighted by atomic mass is 9.96. The van der Waals surface area contributed by atoms with Crippen LogP contribution >= 0.6 is 0 Å². The van der Waals surface area contributed by atoms with E-state index in [9.17, 15) is 18.0 Å². The second kappa shape index (κ2) is 8.14. The smallest absolute Gasteiger partial charge is 0.236 e. The third-order valence-corrected chi connectivity index (χ3v) is 4.40. The van der Waals surface area contributed by atoms with E-state index in [0.29, 0.717) is 32.5 Å². The van der Waals surface area contributed by atoms with Crippen LogP contribution in [0.25, 0.3) is 0 Å². The summed E-state index contributed by atoms with van der Waals surface area (Å²) in [7, 11) is -3.54. The second-order valence-corrected chi connectivity index (χ2v) is 7.55. The van der Waals surface area contributed by atoms with E-state index in [1.54, 1.807) is 4.90 Å². The maximum atomic E-state index is 12.1. The predicted molar refractivity (Wildman–Crippen MR) is 88.8 cm³/mol. The molecule has 1 aliphatic rings. The molecule has 0 bridgehead atoms. The van der Waals surface area contributed by atoms with Crippen molar-refractivity contribution in [3.8, 4) is 5.75 Å². The molecule has 0 unspecified atom stereocenters. The van der Waals surface area contributed by atoms with Gasteiger partial charge in [0.2, 0.25) is 21.8 Å². The van der Waals surface area contributed by atoms with Gasteiger partial charge < -0.3 is 9.64 Å². The van der Waals surface area contributed by atoms with Gasteiger partial charge in [0.1, 0.15) is 5.75 Å². The molecule has 1 fully saturated rings. The highest BCUT2D eigenvalue weighted by Gasteiger charge is 2.28. The molecule has 0 saturated carbocycles. The minimum atomic E-state index is -3.54. The third kappa shape index (κ3) is 5.84. The number of ether oxygens (including phenoxy) is 1. The van der Waals surface area contributed by atoms with Crippen LogP contribution < -0.4 is 9.46 Å². The van der Waals surface area contributed by atoms with E-state index in [1.807, 2.05) is 35.1 Å². The number of amides is 2. The highest BCUT2D eigenvalue weighted by molar-refractivity contribution is 7.89. The van der Waals surface area contributed by atoms with Gasteiger partial charge in [-0.2, -0.15) is 0 Å². The molecule has 2 amide bonds. The quantitative estimate of drug-likeness (QED) is 0.814. The Morgan fingerprint density at radius 2 is 1.83 bits per heavy atom. The first-order valence-electron chi connectivity index (χ1n) is 7.82. The van der Waals surface area contributed by atoms with Crippen molar-refractivity contribution in [1.82, 2.24) is 9.62 Å². The van der Waals surface area contributed by atoms with Crippen LogP contribution in [0, 0.1) is 5.92 Å². The predicted octanol–water partition coefficient (Wildman–Crippen LogP) is 0.770. The second-order valence-electron chi connectivity index (χ2n) is 5.81. The number of piperidine rings is 1. The Kier molecular flexibility index (Phi) is 6.19. The lowest BCUT2D eigenvalue weighted by molar-refractivity contribution is -0.135. The number of sulfonamides is 1. The first-order valence-corrected chi connectivity index (χ1v) is 9.71. The number of rotatable bonds is 6. The zero-order chi connectivity index (χ0) is 17.6. The zero-order valence-electron chi connectivity index (χ0n) is 13.6. The number of nitrogens with one attached hydrogen (secondary N) is 1. The molecular weight excluding hydrogens is 332 g/mol. The van der Waals surface area contributed by atoms with E-state index >= 15 is 0 Å². The fraction of sp³-hybridized carbons (Fsp3) is 0.500. The molecule has 0 aliphatic carbocycles. The Hall–Kier alpha value is -2.09. The first kappa shape index (κ1) is 18.3. The summed E-state index contributed by atoms with van der Waals surface area (Å²) >= 11 is 0. The minimum Gasteiger partial charge on any atom is -0.493 e. The lowest BCUT2D eigenvalue weighted by Gasteiger charge is -2.31. The average molecular weight is 354 g/mol. The number of nitrogens with zero attached hydrogens (tertiary/aromatic N) is 1. The Morgan fingerprint density at radius 1 is 1.21 bits per heavy atom. The van der Waals surface area contributed by atoms with Crippen LogP contribution in [0.3, 0.4) is 0 Å². The number of hydrogen-bond acceptors (Lipinski definition) is 5. The Balaban J connectivity index is 1.71. The average Bonchev–Trinajstić information content (AvgIpc) is 2.54. The van der Waals surface area contributed by atoms with Crippen LogP contribution in [0.2, 0.25) is 0 Å². The standard InChI is InChI=1S/C16H22N2O5S/c1-24(21,22)17-16(20)13-7-10-18(11-8-13)15(19)9-12-23-14-5-3-2-4-6-14/h2-6,13H,7-12H2,1H3,(H,17,20). The SMILES string of the molecule is CS(=O)(=O)NC(=O)C1CCN(C(=O)CCOc2ccccc2)CC1.